The Morgan fingerprint density at radius 3 is 0.969 bits per heavy atom. The van der Waals surface area contributed by atoms with Gasteiger partial charge in [-0.3, -0.25) is 14.4 Å². The average molecular weight is 891 g/mol. The minimum absolute atomic E-state index is 0.0844. The molecule has 0 heterocycles. The van der Waals surface area contributed by atoms with E-state index in [1.54, 1.807) is 0 Å². The fourth-order valence-electron chi connectivity index (χ4n) is 7.15. The van der Waals surface area contributed by atoms with Gasteiger partial charge in [-0.1, -0.05) is 215 Å². The van der Waals surface area contributed by atoms with Crippen LogP contribution >= 0.6 is 0 Å². The summed E-state index contributed by atoms with van der Waals surface area (Å²) in [6, 6.07) is 0. The van der Waals surface area contributed by atoms with Crippen molar-refractivity contribution in [3.05, 3.63) is 85.1 Å². The van der Waals surface area contributed by atoms with Crippen LogP contribution in [0.5, 0.6) is 0 Å². The maximum atomic E-state index is 12.7. The summed E-state index contributed by atoms with van der Waals surface area (Å²) < 4.78 is 16.7. The third-order valence-corrected chi connectivity index (χ3v) is 11.1. The lowest BCUT2D eigenvalue weighted by molar-refractivity contribution is -0.167. The van der Waals surface area contributed by atoms with Crippen molar-refractivity contribution in [3.8, 4) is 0 Å². The molecule has 0 aromatic carbocycles. The van der Waals surface area contributed by atoms with Crippen molar-refractivity contribution in [1.29, 1.82) is 0 Å². The predicted octanol–water partition coefficient (Wildman–Crippen LogP) is 17.6. The molecule has 0 aromatic heterocycles. The molecule has 0 fully saturated rings. The number of unbranched alkanes of at least 4 members (excludes halogenated alkanes) is 22. The standard InChI is InChI=1S/C58H98O6/c1-4-7-10-13-15-17-19-21-23-25-27-28-29-30-31-33-34-36-38-40-42-45-48-51-57(60)63-54-55(53-62-56(59)50-47-44-12-9-6-3)64-58(61)52-49-46-43-41-39-37-35-32-26-24-22-20-18-16-14-11-8-5-2/h7,10,15,17-18,20-21,23-24,26-28,30-31,55H,4-6,8-9,11-14,16,19,22,25,29,32-54H2,1-3H3/b10-7-,17-15-,20-18-,23-21-,26-24-,28-27-,31-30-. The largest absolute Gasteiger partial charge is 0.462 e. The first-order valence-electron chi connectivity index (χ1n) is 26.6. The molecule has 0 aliphatic rings. The molecule has 0 saturated carbocycles. The summed E-state index contributed by atoms with van der Waals surface area (Å²) in [5, 5.41) is 0. The zero-order valence-electron chi connectivity index (χ0n) is 41.8. The van der Waals surface area contributed by atoms with Crippen LogP contribution in [0.15, 0.2) is 85.1 Å². The third-order valence-electron chi connectivity index (χ3n) is 11.1. The maximum Gasteiger partial charge on any atom is 0.306 e. The van der Waals surface area contributed by atoms with Gasteiger partial charge in [0.1, 0.15) is 13.2 Å². The molecule has 0 spiro atoms. The highest BCUT2D eigenvalue weighted by atomic mass is 16.6. The summed E-state index contributed by atoms with van der Waals surface area (Å²) in [5.41, 5.74) is 0. The number of esters is 3. The van der Waals surface area contributed by atoms with Crippen LogP contribution in [0.2, 0.25) is 0 Å². The summed E-state index contributed by atoms with van der Waals surface area (Å²) in [5.74, 6) is -0.917. The van der Waals surface area contributed by atoms with E-state index in [1.165, 1.54) is 89.9 Å². The number of ether oxygens (including phenoxy) is 3. The lowest BCUT2D eigenvalue weighted by Crippen LogP contribution is -2.30. The van der Waals surface area contributed by atoms with E-state index in [1.807, 2.05) is 0 Å². The lowest BCUT2D eigenvalue weighted by Gasteiger charge is -2.18. The van der Waals surface area contributed by atoms with Crippen molar-refractivity contribution >= 4 is 17.9 Å². The van der Waals surface area contributed by atoms with Gasteiger partial charge in [-0.05, 0) is 96.3 Å². The van der Waals surface area contributed by atoms with E-state index in [9.17, 15) is 14.4 Å². The molecule has 6 heteroatoms. The zero-order chi connectivity index (χ0) is 46.5. The molecule has 366 valence electrons. The molecule has 0 radical (unpaired) electrons. The Morgan fingerprint density at radius 1 is 0.328 bits per heavy atom. The first kappa shape index (κ1) is 60.6. The molecule has 1 unspecified atom stereocenters. The minimum Gasteiger partial charge on any atom is -0.462 e. The van der Waals surface area contributed by atoms with Crippen LogP contribution in [0.1, 0.15) is 245 Å². The highest BCUT2D eigenvalue weighted by Gasteiger charge is 2.19. The van der Waals surface area contributed by atoms with Crippen molar-refractivity contribution in [3.63, 3.8) is 0 Å². The van der Waals surface area contributed by atoms with Gasteiger partial charge in [0, 0.05) is 19.3 Å². The number of hydrogen-bond donors (Lipinski definition) is 0. The molecule has 0 amide bonds. The normalized spacial score (nSPS) is 12.7. The van der Waals surface area contributed by atoms with Crippen molar-refractivity contribution in [2.45, 2.75) is 252 Å². The van der Waals surface area contributed by atoms with Gasteiger partial charge < -0.3 is 14.2 Å². The van der Waals surface area contributed by atoms with Crippen LogP contribution in [0.4, 0.5) is 0 Å². The highest BCUT2D eigenvalue weighted by Crippen LogP contribution is 2.14. The fraction of sp³-hybridized carbons (Fsp3) is 0.707. The van der Waals surface area contributed by atoms with Gasteiger partial charge in [-0.15, -0.1) is 0 Å². The summed E-state index contributed by atoms with van der Waals surface area (Å²) >= 11 is 0. The Bertz CT molecular complexity index is 1250. The molecule has 0 aliphatic heterocycles. The number of carbonyl (C=O) groups excluding carboxylic acids is 3. The van der Waals surface area contributed by atoms with E-state index < -0.39 is 6.10 Å². The molecule has 0 aliphatic carbocycles. The lowest BCUT2D eigenvalue weighted by atomic mass is 10.1. The molecule has 1 atom stereocenters. The van der Waals surface area contributed by atoms with Crippen LogP contribution < -0.4 is 0 Å². The third kappa shape index (κ3) is 49.6. The van der Waals surface area contributed by atoms with Gasteiger partial charge in [-0.2, -0.15) is 0 Å². The predicted molar refractivity (Wildman–Crippen MR) is 274 cm³/mol. The van der Waals surface area contributed by atoms with E-state index in [-0.39, 0.29) is 31.1 Å². The van der Waals surface area contributed by atoms with Crippen LogP contribution in [0.25, 0.3) is 0 Å². The van der Waals surface area contributed by atoms with Crippen molar-refractivity contribution in [1.82, 2.24) is 0 Å². The minimum atomic E-state index is -0.782. The fourth-order valence-corrected chi connectivity index (χ4v) is 7.15. The first-order valence-corrected chi connectivity index (χ1v) is 26.6. The van der Waals surface area contributed by atoms with Crippen LogP contribution in [0.3, 0.4) is 0 Å². The van der Waals surface area contributed by atoms with Gasteiger partial charge in [0.25, 0.3) is 0 Å². The van der Waals surface area contributed by atoms with Gasteiger partial charge in [-0.25, -0.2) is 0 Å². The van der Waals surface area contributed by atoms with Gasteiger partial charge in [0.2, 0.25) is 0 Å². The van der Waals surface area contributed by atoms with E-state index in [4.69, 9.17) is 14.2 Å². The SMILES string of the molecule is CC/C=C\C/C=C\C/C=C\C/C=C\C/C=C\CCCCCCCCCC(=O)OCC(COC(=O)CCCCCCC)OC(=O)CCCCCCCCC/C=C\C/C=C\CCCCCC. The maximum absolute atomic E-state index is 12.7. The second-order valence-corrected chi connectivity index (χ2v) is 17.4. The second-order valence-electron chi connectivity index (χ2n) is 17.4. The number of rotatable bonds is 47. The topological polar surface area (TPSA) is 78.9 Å². The van der Waals surface area contributed by atoms with E-state index >= 15 is 0 Å². The van der Waals surface area contributed by atoms with Gasteiger partial charge in [0.15, 0.2) is 6.10 Å². The number of hydrogen-bond acceptors (Lipinski definition) is 6. The molecule has 0 bridgehead atoms. The van der Waals surface area contributed by atoms with Gasteiger partial charge in [0.05, 0.1) is 0 Å². The Morgan fingerprint density at radius 2 is 0.609 bits per heavy atom. The summed E-state index contributed by atoms with van der Waals surface area (Å²) in [7, 11) is 0. The zero-order valence-corrected chi connectivity index (χ0v) is 41.8. The van der Waals surface area contributed by atoms with Gasteiger partial charge >= 0.3 is 17.9 Å². The first-order chi connectivity index (χ1) is 31.5. The highest BCUT2D eigenvalue weighted by molar-refractivity contribution is 5.71. The number of allylic oxidation sites excluding steroid dienone is 14. The molecule has 6 nitrogen and oxygen atoms in total. The van der Waals surface area contributed by atoms with Crippen molar-refractivity contribution < 1.29 is 28.6 Å². The quantitative estimate of drug-likeness (QED) is 0.0262. The van der Waals surface area contributed by atoms with Crippen molar-refractivity contribution in [2.24, 2.45) is 0 Å². The molecular weight excluding hydrogens is 793 g/mol. The number of carbonyl (C=O) groups is 3. The summed E-state index contributed by atoms with van der Waals surface area (Å²) in [6.45, 7) is 6.41. The summed E-state index contributed by atoms with van der Waals surface area (Å²) in [6.07, 6.45) is 67.5. The smallest absolute Gasteiger partial charge is 0.306 e. The van der Waals surface area contributed by atoms with E-state index in [0.29, 0.717) is 19.3 Å². The molecule has 0 N–H and O–H groups in total. The Kier molecular flexibility index (Phi) is 49.4. The van der Waals surface area contributed by atoms with Crippen LogP contribution in [-0.2, 0) is 28.6 Å². The van der Waals surface area contributed by atoms with Crippen LogP contribution in [-0.4, -0.2) is 37.2 Å². The molecule has 64 heavy (non-hydrogen) atoms. The molecule has 0 aromatic rings. The Labute approximate surface area is 395 Å². The molecule has 0 saturated heterocycles. The average Bonchev–Trinajstić information content (AvgIpc) is 3.29. The second kappa shape index (κ2) is 52.2. The van der Waals surface area contributed by atoms with E-state index in [0.717, 1.165) is 116 Å². The Hall–Kier alpha value is -3.41. The Balaban J connectivity index is 4.19. The van der Waals surface area contributed by atoms with E-state index in [2.05, 4.69) is 106 Å². The molecule has 0 rings (SSSR count). The van der Waals surface area contributed by atoms with Crippen LogP contribution in [0, 0.1) is 0 Å². The monoisotopic (exact) mass is 891 g/mol. The summed E-state index contributed by atoms with van der Waals surface area (Å²) in [4.78, 5) is 37.7. The molecular formula is C58H98O6. The van der Waals surface area contributed by atoms with Crippen molar-refractivity contribution in [2.75, 3.05) is 13.2 Å².